The van der Waals surface area contributed by atoms with Gasteiger partial charge in [-0.1, -0.05) is 176 Å². The molecule has 0 unspecified atom stereocenters. The maximum Gasteiger partial charge on any atom is 0.164 e. The standard InChI is InChI=1S/C60H42N8/c1-39-35-55(63-40(2)62-39)51-28-16-27-50(56(51)48-25-15-26-49(37-48)60-67-58(44-19-8-4-9-20-44)66-59(68-60)45-21-10-5-11-22-45)46-23-14-24-47(36-46)54-38-53(64-57(65-54)43-17-6-3-7-18-43)42-32-30-41(31-33-42)52-29-12-13-34-61-52/h3-38H,1-2H3. The smallest absolute Gasteiger partial charge is 0.164 e. The third-order valence-electron chi connectivity index (χ3n) is 11.8. The van der Waals surface area contributed by atoms with Gasteiger partial charge in [0.1, 0.15) is 5.82 Å². The van der Waals surface area contributed by atoms with Crippen LogP contribution in [-0.4, -0.2) is 39.9 Å². The number of pyridine rings is 1. The van der Waals surface area contributed by atoms with Gasteiger partial charge in [-0.15, -0.1) is 0 Å². The molecule has 0 saturated heterocycles. The van der Waals surface area contributed by atoms with Crippen molar-refractivity contribution in [2.45, 2.75) is 13.8 Å². The van der Waals surface area contributed by atoms with E-state index in [-0.39, 0.29) is 0 Å². The molecular weight excluding hydrogens is 833 g/mol. The van der Waals surface area contributed by atoms with Crippen molar-refractivity contribution in [3.05, 3.63) is 230 Å². The van der Waals surface area contributed by atoms with Crippen LogP contribution in [0.5, 0.6) is 0 Å². The summed E-state index contributed by atoms with van der Waals surface area (Å²) in [6, 6.07) is 72.2. The van der Waals surface area contributed by atoms with Gasteiger partial charge in [-0.2, -0.15) is 0 Å². The zero-order valence-corrected chi connectivity index (χ0v) is 37.4. The van der Waals surface area contributed by atoms with Crippen LogP contribution >= 0.6 is 0 Å². The van der Waals surface area contributed by atoms with Crippen LogP contribution in [0.25, 0.3) is 113 Å². The molecule has 322 valence electrons. The SMILES string of the molecule is Cc1cc(-c2cccc(-c3cccc(-c4cc(-c5ccc(-c6ccccn6)cc5)nc(-c5ccccc5)n4)c3)c2-c2cccc(-c3nc(-c4ccccc4)nc(-c4ccccc4)n3)c2)nc(C)n1. The Morgan fingerprint density at radius 2 is 0.735 bits per heavy atom. The third-order valence-corrected chi connectivity index (χ3v) is 11.8. The summed E-state index contributed by atoms with van der Waals surface area (Å²) in [4.78, 5) is 39.6. The topological polar surface area (TPSA) is 103 Å². The molecule has 11 aromatic rings. The summed E-state index contributed by atoms with van der Waals surface area (Å²) in [5.74, 6) is 3.15. The number of aryl methyl sites for hydroxylation is 2. The van der Waals surface area contributed by atoms with Gasteiger partial charge in [0.2, 0.25) is 0 Å². The fourth-order valence-corrected chi connectivity index (χ4v) is 8.57. The minimum absolute atomic E-state index is 0.578. The van der Waals surface area contributed by atoms with Crippen LogP contribution in [-0.2, 0) is 0 Å². The molecule has 0 N–H and O–H groups in total. The highest BCUT2D eigenvalue weighted by Crippen LogP contribution is 2.42. The second-order valence-electron chi connectivity index (χ2n) is 16.5. The van der Waals surface area contributed by atoms with E-state index in [1.165, 1.54) is 0 Å². The van der Waals surface area contributed by atoms with Gasteiger partial charge >= 0.3 is 0 Å². The molecule has 0 amide bonds. The highest BCUT2D eigenvalue weighted by Gasteiger charge is 2.20. The molecule has 7 aromatic carbocycles. The molecule has 0 atom stereocenters. The maximum atomic E-state index is 5.21. The average molecular weight is 875 g/mol. The first-order chi connectivity index (χ1) is 33.5. The average Bonchev–Trinajstić information content (AvgIpc) is 3.41. The van der Waals surface area contributed by atoms with E-state index < -0.39 is 0 Å². The molecule has 8 heteroatoms. The second kappa shape index (κ2) is 18.4. The molecule has 8 nitrogen and oxygen atoms in total. The summed E-state index contributed by atoms with van der Waals surface area (Å²) in [5, 5.41) is 0. The zero-order valence-electron chi connectivity index (χ0n) is 37.4. The number of rotatable bonds is 10. The van der Waals surface area contributed by atoms with Gasteiger partial charge in [0.15, 0.2) is 23.3 Å². The second-order valence-corrected chi connectivity index (χ2v) is 16.5. The quantitative estimate of drug-likeness (QED) is 0.134. The highest BCUT2D eigenvalue weighted by molar-refractivity contribution is 5.95. The Kier molecular flexibility index (Phi) is 11.2. The van der Waals surface area contributed by atoms with Crippen LogP contribution in [0, 0.1) is 13.8 Å². The van der Waals surface area contributed by atoms with E-state index in [0.29, 0.717) is 29.1 Å². The molecule has 11 rings (SSSR count). The van der Waals surface area contributed by atoms with E-state index in [9.17, 15) is 0 Å². The van der Waals surface area contributed by atoms with Crippen LogP contribution in [0.2, 0.25) is 0 Å². The minimum atomic E-state index is 0.578. The predicted octanol–water partition coefficient (Wildman–Crippen LogP) is 14.1. The van der Waals surface area contributed by atoms with Gasteiger partial charge in [0, 0.05) is 56.4 Å². The lowest BCUT2D eigenvalue weighted by atomic mass is 9.87. The lowest BCUT2D eigenvalue weighted by molar-refractivity contribution is 1.02. The Balaban J connectivity index is 1.06. The van der Waals surface area contributed by atoms with Crippen molar-refractivity contribution in [2.75, 3.05) is 0 Å². The van der Waals surface area contributed by atoms with Crippen LogP contribution in [0.3, 0.4) is 0 Å². The van der Waals surface area contributed by atoms with E-state index in [0.717, 1.165) is 95.2 Å². The lowest BCUT2D eigenvalue weighted by Crippen LogP contribution is -2.00. The van der Waals surface area contributed by atoms with Crippen molar-refractivity contribution in [3.8, 4) is 113 Å². The van der Waals surface area contributed by atoms with E-state index in [1.807, 2.05) is 129 Å². The summed E-state index contributed by atoms with van der Waals surface area (Å²) >= 11 is 0. The van der Waals surface area contributed by atoms with Crippen LogP contribution in [0.4, 0.5) is 0 Å². The molecule has 68 heavy (non-hydrogen) atoms. The van der Waals surface area contributed by atoms with Crippen molar-refractivity contribution in [2.24, 2.45) is 0 Å². The van der Waals surface area contributed by atoms with Gasteiger partial charge in [-0.05, 0) is 72.5 Å². The number of hydrogen-bond donors (Lipinski definition) is 0. The van der Waals surface area contributed by atoms with Gasteiger partial charge in [-0.3, -0.25) is 4.98 Å². The fraction of sp³-hybridized carbons (Fsp3) is 0.0333. The Bertz CT molecular complexity index is 3490. The molecule has 0 spiro atoms. The summed E-state index contributed by atoms with van der Waals surface area (Å²) in [5.41, 5.74) is 15.9. The van der Waals surface area contributed by atoms with E-state index >= 15 is 0 Å². The van der Waals surface area contributed by atoms with Gasteiger partial charge in [0.05, 0.1) is 22.8 Å². The van der Waals surface area contributed by atoms with Crippen molar-refractivity contribution in [1.29, 1.82) is 0 Å². The number of benzene rings is 7. The Morgan fingerprint density at radius 3 is 1.34 bits per heavy atom. The van der Waals surface area contributed by atoms with Crippen molar-refractivity contribution < 1.29 is 0 Å². The van der Waals surface area contributed by atoms with E-state index in [2.05, 4.69) is 113 Å². The third kappa shape index (κ3) is 8.69. The Hall–Kier alpha value is -9.14. The summed E-state index contributed by atoms with van der Waals surface area (Å²) < 4.78 is 0. The molecule has 0 aliphatic rings. The number of aromatic nitrogens is 8. The fourth-order valence-electron chi connectivity index (χ4n) is 8.57. The number of hydrogen-bond acceptors (Lipinski definition) is 8. The number of nitrogens with zero attached hydrogens (tertiary/aromatic N) is 8. The molecule has 0 fully saturated rings. The molecule has 0 aliphatic carbocycles. The largest absolute Gasteiger partial charge is 0.256 e. The van der Waals surface area contributed by atoms with Gasteiger partial charge in [0.25, 0.3) is 0 Å². The molecule has 4 aromatic heterocycles. The van der Waals surface area contributed by atoms with Crippen molar-refractivity contribution >= 4 is 0 Å². The summed E-state index contributed by atoms with van der Waals surface area (Å²) in [6.07, 6.45) is 1.81. The molecular formula is C60H42N8. The van der Waals surface area contributed by atoms with Crippen molar-refractivity contribution in [1.82, 2.24) is 39.9 Å². The molecule has 0 aliphatic heterocycles. The molecule has 0 saturated carbocycles. The molecule has 0 radical (unpaired) electrons. The first kappa shape index (κ1) is 41.6. The Labute approximate surface area is 394 Å². The molecule has 4 heterocycles. The first-order valence-corrected chi connectivity index (χ1v) is 22.5. The predicted molar refractivity (Wildman–Crippen MR) is 273 cm³/mol. The van der Waals surface area contributed by atoms with E-state index in [1.54, 1.807) is 0 Å². The van der Waals surface area contributed by atoms with Gasteiger partial charge in [-0.25, -0.2) is 34.9 Å². The first-order valence-electron chi connectivity index (χ1n) is 22.5. The van der Waals surface area contributed by atoms with Crippen molar-refractivity contribution in [3.63, 3.8) is 0 Å². The monoisotopic (exact) mass is 874 g/mol. The highest BCUT2D eigenvalue weighted by atomic mass is 15.0. The van der Waals surface area contributed by atoms with Crippen LogP contribution in [0.1, 0.15) is 11.5 Å². The normalized spacial score (nSPS) is 11.1. The maximum absolute atomic E-state index is 5.21. The lowest BCUT2D eigenvalue weighted by Gasteiger charge is -2.18. The van der Waals surface area contributed by atoms with Crippen LogP contribution in [0.15, 0.2) is 219 Å². The Morgan fingerprint density at radius 1 is 0.265 bits per heavy atom. The van der Waals surface area contributed by atoms with Gasteiger partial charge < -0.3 is 0 Å². The summed E-state index contributed by atoms with van der Waals surface area (Å²) in [7, 11) is 0. The zero-order chi connectivity index (χ0) is 45.8. The summed E-state index contributed by atoms with van der Waals surface area (Å²) in [6.45, 7) is 3.95. The van der Waals surface area contributed by atoms with Crippen LogP contribution < -0.4 is 0 Å². The minimum Gasteiger partial charge on any atom is -0.256 e. The van der Waals surface area contributed by atoms with E-state index in [4.69, 9.17) is 29.9 Å². The molecule has 0 bridgehead atoms.